The van der Waals surface area contributed by atoms with Crippen molar-refractivity contribution < 1.29 is 0 Å². The molecule has 0 unspecified atom stereocenters. The van der Waals surface area contributed by atoms with Gasteiger partial charge >= 0.3 is 0 Å². The van der Waals surface area contributed by atoms with Crippen LogP contribution in [-0.4, -0.2) is 48.6 Å². The summed E-state index contributed by atoms with van der Waals surface area (Å²) in [5.41, 5.74) is 0. The molecule has 1 aliphatic rings. The summed E-state index contributed by atoms with van der Waals surface area (Å²) in [6, 6.07) is 0.788. The molecule has 0 aromatic rings. The quantitative estimate of drug-likeness (QED) is 0.675. The molecule has 0 aromatic heterocycles. The first-order valence-electron chi connectivity index (χ1n) is 6.40. The van der Waals surface area contributed by atoms with Crippen LogP contribution in [0.25, 0.3) is 0 Å². The van der Waals surface area contributed by atoms with Crippen molar-refractivity contribution in [3.63, 3.8) is 0 Å². The van der Waals surface area contributed by atoms with Gasteiger partial charge in [0.2, 0.25) is 0 Å². The molecule has 0 aromatic carbocycles. The van der Waals surface area contributed by atoms with Crippen molar-refractivity contribution in [3.05, 3.63) is 0 Å². The molecular weight excluding hydrogens is 204 g/mol. The second kappa shape index (κ2) is 8.43. The van der Waals surface area contributed by atoms with E-state index in [1.54, 1.807) is 0 Å². The predicted octanol–water partition coefficient (Wildman–Crippen LogP) is 2.20. The first-order chi connectivity index (χ1) is 7.36. The van der Waals surface area contributed by atoms with Crippen molar-refractivity contribution in [2.75, 3.05) is 37.7 Å². The van der Waals surface area contributed by atoms with Crippen LogP contribution < -0.4 is 5.32 Å². The lowest BCUT2D eigenvalue weighted by molar-refractivity contribution is 0.199. The average molecular weight is 230 g/mol. The molecule has 0 atom stereocenters. The summed E-state index contributed by atoms with van der Waals surface area (Å²) in [5.74, 6) is 2.52. The van der Waals surface area contributed by atoms with Crippen molar-refractivity contribution in [3.8, 4) is 0 Å². The van der Waals surface area contributed by atoms with E-state index in [1.807, 2.05) is 11.8 Å². The second-order valence-corrected chi connectivity index (χ2v) is 5.66. The number of hydrogen-bond acceptors (Lipinski definition) is 3. The van der Waals surface area contributed by atoms with Gasteiger partial charge in [-0.3, -0.25) is 0 Å². The van der Waals surface area contributed by atoms with Crippen LogP contribution in [0.4, 0.5) is 0 Å². The molecule has 1 heterocycles. The first-order valence-corrected chi connectivity index (χ1v) is 7.55. The SMILES string of the molecule is CCCN1CCC(NCCSCC)CC1. The zero-order valence-electron chi connectivity index (χ0n) is 10.3. The smallest absolute Gasteiger partial charge is 0.00917 e. The molecule has 0 aliphatic carbocycles. The summed E-state index contributed by atoms with van der Waals surface area (Å²) < 4.78 is 0. The van der Waals surface area contributed by atoms with Gasteiger partial charge in [0.15, 0.2) is 0 Å². The minimum absolute atomic E-state index is 0.788. The summed E-state index contributed by atoms with van der Waals surface area (Å²) >= 11 is 2.03. The lowest BCUT2D eigenvalue weighted by Gasteiger charge is -2.32. The molecule has 0 amide bonds. The number of nitrogens with zero attached hydrogens (tertiary/aromatic N) is 1. The Hall–Kier alpha value is 0.270. The topological polar surface area (TPSA) is 15.3 Å². The molecule has 0 saturated carbocycles. The minimum atomic E-state index is 0.788. The first kappa shape index (κ1) is 13.3. The highest BCUT2D eigenvalue weighted by atomic mass is 32.2. The maximum atomic E-state index is 3.67. The van der Waals surface area contributed by atoms with Crippen LogP contribution in [0.2, 0.25) is 0 Å². The highest BCUT2D eigenvalue weighted by Crippen LogP contribution is 2.10. The Morgan fingerprint density at radius 3 is 2.60 bits per heavy atom. The monoisotopic (exact) mass is 230 g/mol. The van der Waals surface area contributed by atoms with E-state index in [0.29, 0.717) is 0 Å². The number of nitrogens with one attached hydrogen (secondary N) is 1. The van der Waals surface area contributed by atoms with E-state index in [1.165, 1.54) is 56.9 Å². The fraction of sp³-hybridized carbons (Fsp3) is 1.00. The van der Waals surface area contributed by atoms with E-state index < -0.39 is 0 Å². The molecule has 3 heteroatoms. The van der Waals surface area contributed by atoms with E-state index in [-0.39, 0.29) is 0 Å². The van der Waals surface area contributed by atoms with Crippen LogP contribution in [0.15, 0.2) is 0 Å². The standard InChI is InChI=1S/C12H26N2S/c1-3-8-14-9-5-12(6-10-14)13-7-11-15-4-2/h12-13H,3-11H2,1-2H3. The molecule has 1 N–H and O–H groups in total. The van der Waals surface area contributed by atoms with Crippen LogP contribution in [0.1, 0.15) is 33.1 Å². The summed E-state index contributed by atoms with van der Waals surface area (Å²) in [4.78, 5) is 2.60. The van der Waals surface area contributed by atoms with Crippen molar-refractivity contribution in [2.45, 2.75) is 39.2 Å². The molecule has 1 rings (SSSR count). The minimum Gasteiger partial charge on any atom is -0.313 e. The van der Waals surface area contributed by atoms with E-state index in [2.05, 4.69) is 24.1 Å². The van der Waals surface area contributed by atoms with Crippen LogP contribution in [0.5, 0.6) is 0 Å². The Balaban J connectivity index is 1.99. The van der Waals surface area contributed by atoms with Gasteiger partial charge in [-0.05, 0) is 44.6 Å². The van der Waals surface area contributed by atoms with Crippen molar-refractivity contribution in [1.29, 1.82) is 0 Å². The Morgan fingerprint density at radius 2 is 2.00 bits per heavy atom. The van der Waals surface area contributed by atoms with Gasteiger partial charge in [0.25, 0.3) is 0 Å². The Morgan fingerprint density at radius 1 is 1.27 bits per heavy atom. The molecule has 2 nitrogen and oxygen atoms in total. The predicted molar refractivity (Wildman–Crippen MR) is 70.8 cm³/mol. The van der Waals surface area contributed by atoms with Gasteiger partial charge in [0, 0.05) is 18.3 Å². The highest BCUT2D eigenvalue weighted by molar-refractivity contribution is 7.99. The van der Waals surface area contributed by atoms with Gasteiger partial charge in [0.05, 0.1) is 0 Å². The number of thioether (sulfide) groups is 1. The van der Waals surface area contributed by atoms with Crippen LogP contribution in [0, 0.1) is 0 Å². The van der Waals surface area contributed by atoms with Gasteiger partial charge < -0.3 is 10.2 Å². The third-order valence-corrected chi connectivity index (χ3v) is 3.91. The number of likely N-dealkylation sites (tertiary alicyclic amines) is 1. The summed E-state index contributed by atoms with van der Waals surface area (Å²) in [6.45, 7) is 9.58. The van der Waals surface area contributed by atoms with E-state index in [9.17, 15) is 0 Å². The lowest BCUT2D eigenvalue weighted by Crippen LogP contribution is -2.43. The van der Waals surface area contributed by atoms with E-state index >= 15 is 0 Å². The highest BCUT2D eigenvalue weighted by Gasteiger charge is 2.17. The second-order valence-electron chi connectivity index (χ2n) is 4.27. The number of rotatable bonds is 7. The van der Waals surface area contributed by atoms with Crippen LogP contribution in [-0.2, 0) is 0 Å². The van der Waals surface area contributed by atoms with E-state index in [0.717, 1.165) is 6.04 Å². The molecule has 0 radical (unpaired) electrons. The third-order valence-electron chi connectivity index (χ3n) is 3.01. The van der Waals surface area contributed by atoms with E-state index in [4.69, 9.17) is 0 Å². The summed E-state index contributed by atoms with van der Waals surface area (Å²) in [6.07, 6.45) is 3.98. The fourth-order valence-electron chi connectivity index (χ4n) is 2.16. The average Bonchev–Trinajstić information content (AvgIpc) is 2.27. The Labute approximate surface area is 99.2 Å². The molecule has 1 aliphatic heterocycles. The molecule has 15 heavy (non-hydrogen) atoms. The molecule has 1 saturated heterocycles. The van der Waals surface area contributed by atoms with Gasteiger partial charge in [-0.15, -0.1) is 0 Å². The van der Waals surface area contributed by atoms with Crippen LogP contribution in [0.3, 0.4) is 0 Å². The molecular formula is C12H26N2S. The normalized spacial score (nSPS) is 19.6. The third kappa shape index (κ3) is 5.79. The zero-order valence-corrected chi connectivity index (χ0v) is 11.1. The Bertz CT molecular complexity index is 142. The Kier molecular flexibility index (Phi) is 7.49. The summed E-state index contributed by atoms with van der Waals surface area (Å²) in [5, 5.41) is 3.67. The maximum Gasteiger partial charge on any atom is 0.00917 e. The molecule has 0 bridgehead atoms. The molecule has 90 valence electrons. The molecule has 1 fully saturated rings. The van der Waals surface area contributed by atoms with Crippen molar-refractivity contribution in [1.82, 2.24) is 10.2 Å². The van der Waals surface area contributed by atoms with Gasteiger partial charge in [-0.25, -0.2) is 0 Å². The van der Waals surface area contributed by atoms with Gasteiger partial charge in [-0.1, -0.05) is 13.8 Å². The van der Waals surface area contributed by atoms with Crippen molar-refractivity contribution in [2.24, 2.45) is 0 Å². The van der Waals surface area contributed by atoms with Crippen molar-refractivity contribution >= 4 is 11.8 Å². The van der Waals surface area contributed by atoms with Gasteiger partial charge in [-0.2, -0.15) is 11.8 Å². The fourth-order valence-corrected chi connectivity index (χ4v) is 2.71. The lowest BCUT2D eigenvalue weighted by atomic mass is 10.1. The maximum absolute atomic E-state index is 3.67. The summed E-state index contributed by atoms with van der Waals surface area (Å²) in [7, 11) is 0. The number of hydrogen-bond donors (Lipinski definition) is 1. The largest absolute Gasteiger partial charge is 0.313 e. The van der Waals surface area contributed by atoms with Gasteiger partial charge in [0.1, 0.15) is 0 Å². The number of piperidine rings is 1. The molecule has 0 spiro atoms. The van der Waals surface area contributed by atoms with Crippen LogP contribution >= 0.6 is 11.8 Å². The zero-order chi connectivity index (χ0) is 10.9.